The highest BCUT2D eigenvalue weighted by atomic mass is 16.2. The van der Waals surface area contributed by atoms with Crippen molar-refractivity contribution in [1.29, 1.82) is 0 Å². The molecule has 4 rings (SSSR count). The third kappa shape index (κ3) is 2.68. The van der Waals surface area contributed by atoms with Crippen LogP contribution in [0.15, 0.2) is 36.7 Å². The number of amides is 1. The normalized spacial score (nSPS) is 23.4. The molecule has 0 N–H and O–H groups in total. The molecular weight excluding hydrogens is 300 g/mol. The van der Waals surface area contributed by atoms with Crippen LogP contribution in [0.4, 0.5) is 5.95 Å². The number of benzene rings is 1. The van der Waals surface area contributed by atoms with Crippen LogP contribution in [-0.4, -0.2) is 46.5 Å². The van der Waals surface area contributed by atoms with Gasteiger partial charge in [-0.25, -0.2) is 4.98 Å². The molecule has 24 heavy (non-hydrogen) atoms. The van der Waals surface area contributed by atoms with E-state index in [0.29, 0.717) is 11.8 Å². The number of carbonyl (C=O) groups is 1. The number of rotatable bonds is 3. The fraction of sp³-hybridized carbons (Fsp3) is 0.474. The average Bonchev–Trinajstić information content (AvgIpc) is 3.28. The molecule has 2 aliphatic rings. The third-order valence-corrected chi connectivity index (χ3v) is 5.37. The molecule has 0 radical (unpaired) electrons. The van der Waals surface area contributed by atoms with E-state index < -0.39 is 0 Å². The van der Waals surface area contributed by atoms with Crippen LogP contribution < -0.4 is 4.90 Å². The molecule has 5 nitrogen and oxygen atoms in total. The number of nitrogens with zero attached hydrogens (tertiary/aromatic N) is 4. The summed E-state index contributed by atoms with van der Waals surface area (Å²) >= 11 is 0. The number of aromatic nitrogens is 2. The first-order valence-corrected chi connectivity index (χ1v) is 8.71. The second-order valence-corrected chi connectivity index (χ2v) is 6.96. The van der Waals surface area contributed by atoms with Gasteiger partial charge in [-0.15, -0.1) is 0 Å². The largest absolute Gasteiger partial charge is 0.339 e. The van der Waals surface area contributed by atoms with Crippen molar-refractivity contribution in [3.05, 3.63) is 47.8 Å². The average molecular weight is 324 g/mol. The maximum atomic E-state index is 12.8. The third-order valence-electron chi connectivity index (χ3n) is 5.37. The predicted molar refractivity (Wildman–Crippen MR) is 94.0 cm³/mol. The highest BCUT2D eigenvalue weighted by Crippen LogP contribution is 2.49. The summed E-state index contributed by atoms with van der Waals surface area (Å²) in [4.78, 5) is 21.5. The van der Waals surface area contributed by atoms with E-state index in [1.54, 1.807) is 0 Å². The van der Waals surface area contributed by atoms with Crippen molar-refractivity contribution in [3.8, 4) is 0 Å². The van der Waals surface area contributed by atoms with Crippen molar-refractivity contribution in [3.63, 3.8) is 0 Å². The molecule has 1 saturated carbocycles. The lowest BCUT2D eigenvalue weighted by atomic mass is 10.0. The van der Waals surface area contributed by atoms with E-state index in [0.717, 1.165) is 38.5 Å². The SMILES string of the molecule is Cc1ccccc1C1CC1C(=O)N1CCN(c2nccn2C)CC1. The van der Waals surface area contributed by atoms with E-state index in [-0.39, 0.29) is 5.92 Å². The van der Waals surface area contributed by atoms with E-state index in [1.165, 1.54) is 11.1 Å². The lowest BCUT2D eigenvalue weighted by Gasteiger charge is -2.35. The van der Waals surface area contributed by atoms with Crippen LogP contribution in [0, 0.1) is 12.8 Å². The molecule has 2 fully saturated rings. The fourth-order valence-corrected chi connectivity index (χ4v) is 3.84. The van der Waals surface area contributed by atoms with E-state index in [2.05, 4.69) is 41.1 Å². The summed E-state index contributed by atoms with van der Waals surface area (Å²) in [5, 5.41) is 0. The van der Waals surface area contributed by atoms with Gasteiger partial charge in [0.15, 0.2) is 0 Å². The van der Waals surface area contributed by atoms with Crippen molar-refractivity contribution < 1.29 is 4.79 Å². The molecule has 1 aliphatic heterocycles. The first-order valence-electron chi connectivity index (χ1n) is 8.71. The lowest BCUT2D eigenvalue weighted by Crippen LogP contribution is -2.50. The zero-order chi connectivity index (χ0) is 16.7. The minimum atomic E-state index is 0.186. The van der Waals surface area contributed by atoms with Gasteiger partial charge in [-0.3, -0.25) is 4.79 Å². The Kier molecular flexibility index (Phi) is 3.79. The summed E-state index contributed by atoms with van der Waals surface area (Å²) in [6, 6.07) is 8.45. The molecule has 1 aromatic heterocycles. The van der Waals surface area contributed by atoms with Crippen LogP contribution in [0.3, 0.4) is 0 Å². The monoisotopic (exact) mass is 324 g/mol. The van der Waals surface area contributed by atoms with E-state index in [1.807, 2.05) is 28.9 Å². The van der Waals surface area contributed by atoms with Gasteiger partial charge in [-0.1, -0.05) is 24.3 Å². The Morgan fingerprint density at radius 3 is 2.58 bits per heavy atom. The van der Waals surface area contributed by atoms with Gasteiger partial charge in [0, 0.05) is 51.5 Å². The molecule has 2 heterocycles. The molecule has 126 valence electrons. The topological polar surface area (TPSA) is 41.4 Å². The first-order chi connectivity index (χ1) is 11.6. The molecule has 5 heteroatoms. The summed E-state index contributed by atoms with van der Waals surface area (Å²) < 4.78 is 2.03. The smallest absolute Gasteiger partial charge is 0.226 e. The zero-order valence-corrected chi connectivity index (χ0v) is 14.4. The Balaban J connectivity index is 1.36. The summed E-state index contributed by atoms with van der Waals surface area (Å²) in [5.74, 6) is 1.94. The van der Waals surface area contributed by atoms with Crippen molar-refractivity contribution in [2.24, 2.45) is 13.0 Å². The number of aryl methyl sites for hydroxylation is 2. The standard InChI is InChI=1S/C19H24N4O/c1-14-5-3-4-6-15(14)16-13-17(16)18(24)22-9-11-23(12-10-22)19-20-7-8-21(19)2/h3-8,16-17H,9-13H2,1-2H3. The van der Waals surface area contributed by atoms with Crippen LogP contribution in [0.1, 0.15) is 23.5 Å². The van der Waals surface area contributed by atoms with Gasteiger partial charge in [0.2, 0.25) is 11.9 Å². The minimum Gasteiger partial charge on any atom is -0.339 e. The van der Waals surface area contributed by atoms with Gasteiger partial charge in [0.25, 0.3) is 0 Å². The second-order valence-electron chi connectivity index (χ2n) is 6.96. The van der Waals surface area contributed by atoms with Crippen molar-refractivity contribution >= 4 is 11.9 Å². The number of hydrogen-bond acceptors (Lipinski definition) is 3. The predicted octanol–water partition coefficient (Wildman–Crippen LogP) is 2.18. The Morgan fingerprint density at radius 2 is 1.92 bits per heavy atom. The first kappa shape index (κ1) is 15.2. The van der Waals surface area contributed by atoms with E-state index in [9.17, 15) is 4.79 Å². The van der Waals surface area contributed by atoms with Gasteiger partial charge in [-0.2, -0.15) is 0 Å². The van der Waals surface area contributed by atoms with Crippen LogP contribution in [0.5, 0.6) is 0 Å². The van der Waals surface area contributed by atoms with Gasteiger partial charge < -0.3 is 14.4 Å². The van der Waals surface area contributed by atoms with E-state index >= 15 is 0 Å². The fourth-order valence-electron chi connectivity index (χ4n) is 3.84. The maximum Gasteiger partial charge on any atom is 0.226 e. The molecule has 0 spiro atoms. The molecule has 1 aliphatic carbocycles. The quantitative estimate of drug-likeness (QED) is 0.869. The number of hydrogen-bond donors (Lipinski definition) is 0. The van der Waals surface area contributed by atoms with Crippen molar-refractivity contribution in [2.45, 2.75) is 19.3 Å². The number of anilines is 1. The van der Waals surface area contributed by atoms with Crippen LogP contribution >= 0.6 is 0 Å². The molecule has 1 saturated heterocycles. The second kappa shape index (κ2) is 5.96. The number of imidazole rings is 1. The van der Waals surface area contributed by atoms with Crippen molar-refractivity contribution in [1.82, 2.24) is 14.5 Å². The van der Waals surface area contributed by atoms with E-state index in [4.69, 9.17) is 0 Å². The maximum absolute atomic E-state index is 12.8. The molecule has 2 atom stereocenters. The number of piperazine rings is 1. The molecule has 0 bridgehead atoms. The van der Waals surface area contributed by atoms with Gasteiger partial charge in [-0.05, 0) is 30.4 Å². The van der Waals surface area contributed by atoms with Crippen molar-refractivity contribution in [2.75, 3.05) is 31.1 Å². The Labute approximate surface area is 142 Å². The summed E-state index contributed by atoms with van der Waals surface area (Å²) in [6.45, 7) is 5.45. The highest BCUT2D eigenvalue weighted by molar-refractivity contribution is 5.83. The summed E-state index contributed by atoms with van der Waals surface area (Å²) in [6.07, 6.45) is 4.79. The summed E-state index contributed by atoms with van der Waals surface area (Å²) in [5.41, 5.74) is 2.65. The van der Waals surface area contributed by atoms with Gasteiger partial charge in [0.05, 0.1) is 0 Å². The lowest BCUT2D eigenvalue weighted by molar-refractivity contribution is -0.133. The molecular formula is C19H24N4O. The minimum absolute atomic E-state index is 0.186. The van der Waals surface area contributed by atoms with Gasteiger partial charge in [0.1, 0.15) is 0 Å². The summed E-state index contributed by atoms with van der Waals surface area (Å²) in [7, 11) is 2.01. The molecule has 2 unspecified atom stereocenters. The molecule has 1 aromatic carbocycles. The molecule has 1 amide bonds. The highest BCUT2D eigenvalue weighted by Gasteiger charge is 2.46. The van der Waals surface area contributed by atoms with Gasteiger partial charge >= 0.3 is 0 Å². The van der Waals surface area contributed by atoms with Crippen LogP contribution in [-0.2, 0) is 11.8 Å². The molecule has 2 aromatic rings. The Morgan fingerprint density at radius 1 is 1.17 bits per heavy atom. The van der Waals surface area contributed by atoms with Crippen LogP contribution in [0.25, 0.3) is 0 Å². The Bertz CT molecular complexity index is 745. The van der Waals surface area contributed by atoms with Crippen LogP contribution in [0.2, 0.25) is 0 Å². The Hall–Kier alpha value is -2.30. The number of carbonyl (C=O) groups excluding carboxylic acids is 1. The zero-order valence-electron chi connectivity index (χ0n) is 14.4.